The average molecular weight is 709 g/mol. The Labute approximate surface area is 315 Å². The molecule has 0 saturated carbocycles. The van der Waals surface area contributed by atoms with E-state index in [0.29, 0.717) is 0 Å². The average Bonchev–Trinajstić information content (AvgIpc) is 3.10. The van der Waals surface area contributed by atoms with E-state index in [9.17, 15) is 0 Å². The zero-order chi connectivity index (χ0) is 35.8. The van der Waals surface area contributed by atoms with E-state index in [0.717, 1.165) is 5.66 Å². The van der Waals surface area contributed by atoms with Crippen LogP contribution in [0, 0.1) is 0 Å². The van der Waals surface area contributed by atoms with Gasteiger partial charge in [-0.1, -0.05) is 59.3 Å². The Morgan fingerprint density at radius 1 is 0.224 bits per heavy atom. The topological polar surface area (TPSA) is 0 Å². The summed E-state index contributed by atoms with van der Waals surface area (Å²) >= 11 is 0. The molecule has 0 nitrogen and oxygen atoms in total. The third kappa shape index (κ3) is 35.2. The number of hydrogen-bond donors (Lipinski definition) is 0. The van der Waals surface area contributed by atoms with Gasteiger partial charge in [0.1, 0.15) is 0 Å². The first kappa shape index (κ1) is 49.4. The van der Waals surface area contributed by atoms with Crippen LogP contribution in [-0.4, -0.2) is 24.1 Å². The van der Waals surface area contributed by atoms with Crippen LogP contribution in [0.3, 0.4) is 0 Å². The van der Waals surface area contributed by atoms with Crippen LogP contribution in [0.2, 0.25) is 0 Å². The number of rotatable bonds is 43. The third-order valence-corrected chi connectivity index (χ3v) is 19.1. The summed E-state index contributed by atoms with van der Waals surface area (Å²) < 4.78 is 0. The van der Waals surface area contributed by atoms with Gasteiger partial charge in [0.2, 0.25) is 0 Å². The summed E-state index contributed by atoms with van der Waals surface area (Å²) in [7, 11) is -1.17. The Balaban J connectivity index is 4.35. The first-order valence-corrected chi connectivity index (χ1v) is 26.8. The van der Waals surface area contributed by atoms with Crippen LogP contribution < -0.4 is 0 Å². The minimum atomic E-state index is -1.17. The maximum absolute atomic E-state index is 2.65. The first-order chi connectivity index (χ1) is 24.1. The van der Waals surface area contributed by atoms with Crippen molar-refractivity contribution in [1.82, 2.24) is 0 Å². The maximum atomic E-state index is 2.65. The Bertz CT molecular complexity index is 508. The van der Waals surface area contributed by atoms with E-state index in [4.69, 9.17) is 0 Å². The van der Waals surface area contributed by atoms with Crippen LogP contribution in [0.5, 0.6) is 0 Å². The molecule has 0 aromatic rings. The van der Waals surface area contributed by atoms with Gasteiger partial charge in [-0.15, -0.1) is 0 Å². The van der Waals surface area contributed by atoms with Crippen LogP contribution in [0.1, 0.15) is 285 Å². The Kier molecular flexibility index (Phi) is 41.6. The fourth-order valence-electron chi connectivity index (χ4n) is 8.73. The summed E-state index contributed by atoms with van der Waals surface area (Å²) in [6.45, 7) is 12.3. The van der Waals surface area contributed by atoms with Crippen molar-refractivity contribution >= 4 is 7.26 Å². The molecule has 1 heteroatoms. The summed E-state index contributed by atoms with van der Waals surface area (Å²) in [5.41, 5.74) is 0.986. The normalized spacial score (nSPS) is 12.4. The molecule has 0 amide bonds. The molecule has 298 valence electrons. The quantitative estimate of drug-likeness (QED) is 0.0437. The monoisotopic (exact) mass is 709 g/mol. The molecule has 0 radical (unpaired) electrons. The summed E-state index contributed by atoms with van der Waals surface area (Å²) in [6, 6.07) is 0. The molecule has 0 aromatic carbocycles. The second-order valence-electron chi connectivity index (χ2n) is 17.5. The Morgan fingerprint density at radius 3 is 0.510 bits per heavy atom. The van der Waals surface area contributed by atoms with Gasteiger partial charge in [0.05, 0.1) is 0 Å². The van der Waals surface area contributed by atoms with Crippen LogP contribution in [0.25, 0.3) is 0 Å². The van der Waals surface area contributed by atoms with E-state index in [-0.39, 0.29) is 0 Å². The number of hydrogen-bond acceptors (Lipinski definition) is 0. The molecule has 49 heavy (non-hydrogen) atoms. The first-order valence-electron chi connectivity index (χ1n) is 24.1. The van der Waals surface area contributed by atoms with Crippen molar-refractivity contribution in [3.05, 3.63) is 0 Å². The van der Waals surface area contributed by atoms with Crippen molar-refractivity contribution in [2.45, 2.75) is 291 Å². The summed E-state index contributed by atoms with van der Waals surface area (Å²) in [6.07, 6.45) is 62.9. The zero-order valence-corrected chi connectivity index (χ0v) is 36.8. The molecule has 0 unspecified atom stereocenters. The van der Waals surface area contributed by atoms with Crippen LogP contribution in [0.15, 0.2) is 0 Å². The van der Waals surface area contributed by atoms with E-state index in [1.807, 2.05) is 0 Å². The van der Waals surface area contributed by atoms with Crippen LogP contribution >= 0.6 is 7.26 Å². The summed E-state index contributed by atoms with van der Waals surface area (Å²) in [5.74, 6) is 0. The molecule has 0 spiro atoms. The van der Waals surface area contributed by atoms with Gasteiger partial charge in [-0.3, -0.25) is 0 Å². The molecule has 0 aromatic heterocycles. The molecule has 0 aliphatic heterocycles. The Morgan fingerprint density at radius 2 is 0.367 bits per heavy atom. The molecule has 0 N–H and O–H groups in total. The van der Waals surface area contributed by atoms with E-state index >= 15 is 0 Å². The second kappa shape index (κ2) is 41.2. The molecular formula is C48H101P. The molecule has 0 saturated heterocycles. The predicted molar refractivity (Wildman–Crippen MR) is 235 cm³/mol. The zero-order valence-electron chi connectivity index (χ0n) is 35.8. The standard InChI is InChI=1S/C48H101P/c1-6-9-12-15-18-21-24-27-30-33-36-39-42-45-49(48(4)5,46-43-40-37-34-31-28-25-22-19-16-13-10-7-2)47-44-41-38-35-32-29-26-23-20-17-14-11-8-3/h48-49H,6-47H2,1-5H3. The molecule has 0 bridgehead atoms. The number of unbranched alkanes of at least 4 members (excludes halogenated alkanes) is 36. The predicted octanol–water partition coefficient (Wildman–Crippen LogP) is 18.4. The van der Waals surface area contributed by atoms with Gasteiger partial charge >= 0.3 is 257 Å². The van der Waals surface area contributed by atoms with Gasteiger partial charge in [0, 0.05) is 0 Å². The van der Waals surface area contributed by atoms with Crippen molar-refractivity contribution < 1.29 is 0 Å². The minimum absolute atomic E-state index is 0.986. The van der Waals surface area contributed by atoms with E-state index < -0.39 is 7.26 Å². The van der Waals surface area contributed by atoms with E-state index in [1.54, 1.807) is 37.7 Å². The third-order valence-electron chi connectivity index (χ3n) is 12.6. The summed E-state index contributed by atoms with van der Waals surface area (Å²) in [4.78, 5) is 0. The molecule has 0 aliphatic carbocycles. The van der Waals surface area contributed by atoms with Gasteiger partial charge in [0.15, 0.2) is 0 Å². The van der Waals surface area contributed by atoms with Crippen LogP contribution in [-0.2, 0) is 0 Å². The second-order valence-corrected chi connectivity index (χ2v) is 22.9. The van der Waals surface area contributed by atoms with E-state index in [1.165, 1.54) is 231 Å². The molecule has 0 fully saturated rings. The molecule has 0 atom stereocenters. The van der Waals surface area contributed by atoms with Crippen molar-refractivity contribution in [2.24, 2.45) is 0 Å². The van der Waals surface area contributed by atoms with Gasteiger partial charge in [-0.25, -0.2) is 0 Å². The SMILES string of the molecule is CCCCCCCCCCCCCCC[PH](CCCCCCCCCCCCCCC)(CCCCCCCCCCCCCCC)C(C)C. The van der Waals surface area contributed by atoms with Gasteiger partial charge in [-0.2, -0.15) is 0 Å². The fourth-order valence-corrected chi connectivity index (χ4v) is 14.1. The van der Waals surface area contributed by atoms with Crippen molar-refractivity contribution in [1.29, 1.82) is 0 Å². The van der Waals surface area contributed by atoms with E-state index in [2.05, 4.69) is 34.6 Å². The molecular weight excluding hydrogens is 608 g/mol. The Hall–Kier alpha value is 0.430. The van der Waals surface area contributed by atoms with Gasteiger partial charge < -0.3 is 0 Å². The van der Waals surface area contributed by atoms with Gasteiger partial charge in [0.25, 0.3) is 0 Å². The molecule has 0 rings (SSSR count). The molecule has 0 aliphatic rings. The van der Waals surface area contributed by atoms with Crippen LogP contribution in [0.4, 0.5) is 0 Å². The van der Waals surface area contributed by atoms with Gasteiger partial charge in [-0.05, 0) is 0 Å². The van der Waals surface area contributed by atoms with Crippen molar-refractivity contribution in [3.8, 4) is 0 Å². The van der Waals surface area contributed by atoms with Crippen molar-refractivity contribution in [3.63, 3.8) is 0 Å². The molecule has 0 heterocycles. The summed E-state index contributed by atoms with van der Waals surface area (Å²) in [5, 5.41) is 0. The van der Waals surface area contributed by atoms with Crippen molar-refractivity contribution in [2.75, 3.05) is 18.5 Å². The fraction of sp³-hybridized carbons (Fsp3) is 1.00.